The summed E-state index contributed by atoms with van der Waals surface area (Å²) in [4.78, 5) is 0. The van der Waals surface area contributed by atoms with Crippen molar-refractivity contribution in [1.82, 2.24) is 5.32 Å². The highest BCUT2D eigenvalue weighted by Crippen LogP contribution is 2.19. The van der Waals surface area contributed by atoms with Gasteiger partial charge in [-0.05, 0) is 36.2 Å². The molecule has 0 spiro atoms. The monoisotopic (exact) mass is 266 g/mol. The molecule has 2 aromatic carbocycles. The predicted octanol–water partition coefficient (Wildman–Crippen LogP) is 3.42. The van der Waals surface area contributed by atoms with E-state index >= 15 is 0 Å². The van der Waals surface area contributed by atoms with Gasteiger partial charge in [-0.2, -0.15) is 5.26 Å². The number of nitriles is 1. The molecule has 0 saturated carbocycles. The molecular weight excluding hydrogens is 248 g/mol. The molecular formula is C17H18N2O. The molecule has 1 N–H and O–H groups in total. The summed E-state index contributed by atoms with van der Waals surface area (Å²) in [5, 5.41) is 12.5. The average Bonchev–Trinajstić information content (AvgIpc) is 2.52. The summed E-state index contributed by atoms with van der Waals surface area (Å²) >= 11 is 0. The molecule has 1 atom stereocenters. The lowest BCUT2D eigenvalue weighted by molar-refractivity contribution is 0.413. The van der Waals surface area contributed by atoms with Gasteiger partial charge < -0.3 is 10.1 Å². The summed E-state index contributed by atoms with van der Waals surface area (Å²) in [6.45, 7) is 2.77. The molecule has 102 valence electrons. The van der Waals surface area contributed by atoms with Gasteiger partial charge in [-0.3, -0.25) is 0 Å². The summed E-state index contributed by atoms with van der Waals surface area (Å²) in [7, 11) is 1.67. The van der Waals surface area contributed by atoms with Crippen LogP contribution in [0.15, 0.2) is 48.5 Å². The second-order valence-electron chi connectivity index (χ2n) is 4.65. The van der Waals surface area contributed by atoms with Crippen molar-refractivity contribution in [3.8, 4) is 11.8 Å². The zero-order valence-corrected chi connectivity index (χ0v) is 11.8. The molecule has 0 radical (unpaired) electrons. The van der Waals surface area contributed by atoms with Crippen LogP contribution in [0.4, 0.5) is 0 Å². The number of methoxy groups -OCH3 is 1. The number of rotatable bonds is 5. The van der Waals surface area contributed by atoms with Gasteiger partial charge in [0.05, 0.1) is 18.7 Å². The molecule has 2 aromatic rings. The quantitative estimate of drug-likeness (QED) is 0.902. The average molecular weight is 266 g/mol. The molecule has 0 aromatic heterocycles. The minimum atomic E-state index is 0.192. The van der Waals surface area contributed by atoms with Crippen LogP contribution in [0.3, 0.4) is 0 Å². The van der Waals surface area contributed by atoms with Gasteiger partial charge in [0.1, 0.15) is 5.75 Å². The van der Waals surface area contributed by atoms with Gasteiger partial charge in [-0.15, -0.1) is 0 Å². The van der Waals surface area contributed by atoms with E-state index in [4.69, 9.17) is 10.00 Å². The number of benzene rings is 2. The third-order valence-electron chi connectivity index (χ3n) is 3.33. The van der Waals surface area contributed by atoms with E-state index in [1.165, 1.54) is 5.56 Å². The Bertz CT molecular complexity index is 616. The van der Waals surface area contributed by atoms with E-state index in [-0.39, 0.29) is 6.04 Å². The van der Waals surface area contributed by atoms with E-state index in [1.54, 1.807) is 7.11 Å². The van der Waals surface area contributed by atoms with Gasteiger partial charge in [-0.1, -0.05) is 30.3 Å². The van der Waals surface area contributed by atoms with Crippen LogP contribution in [0.5, 0.6) is 5.75 Å². The summed E-state index contributed by atoms with van der Waals surface area (Å²) in [5.74, 6) is 0.855. The Morgan fingerprint density at radius 1 is 1.20 bits per heavy atom. The Hall–Kier alpha value is -2.31. The number of hydrogen-bond donors (Lipinski definition) is 1. The topological polar surface area (TPSA) is 45.0 Å². The van der Waals surface area contributed by atoms with Crippen molar-refractivity contribution in [2.24, 2.45) is 0 Å². The molecule has 0 heterocycles. The Labute approximate surface area is 119 Å². The van der Waals surface area contributed by atoms with E-state index < -0.39 is 0 Å². The van der Waals surface area contributed by atoms with Crippen molar-refractivity contribution in [1.29, 1.82) is 5.26 Å². The first-order chi connectivity index (χ1) is 9.74. The summed E-state index contributed by atoms with van der Waals surface area (Å²) in [6, 6.07) is 18.1. The van der Waals surface area contributed by atoms with Gasteiger partial charge in [-0.25, -0.2) is 0 Å². The van der Waals surface area contributed by atoms with Crippen LogP contribution < -0.4 is 10.1 Å². The molecule has 2 rings (SSSR count). The molecule has 3 heteroatoms. The van der Waals surface area contributed by atoms with Crippen LogP contribution in [0.2, 0.25) is 0 Å². The normalized spacial score (nSPS) is 11.7. The fourth-order valence-corrected chi connectivity index (χ4v) is 2.08. The number of nitrogens with zero attached hydrogens (tertiary/aromatic N) is 1. The van der Waals surface area contributed by atoms with Crippen molar-refractivity contribution < 1.29 is 4.74 Å². The van der Waals surface area contributed by atoms with Crippen molar-refractivity contribution in [2.75, 3.05) is 7.11 Å². The molecule has 0 fully saturated rings. The lowest BCUT2D eigenvalue weighted by Crippen LogP contribution is -2.18. The zero-order chi connectivity index (χ0) is 14.4. The Balaban J connectivity index is 2.05. The van der Waals surface area contributed by atoms with Crippen molar-refractivity contribution in [3.63, 3.8) is 0 Å². The Kier molecular flexibility index (Phi) is 4.75. The smallest absolute Gasteiger partial charge is 0.119 e. The fraction of sp³-hybridized carbons (Fsp3) is 0.235. The maximum absolute atomic E-state index is 9.07. The minimum Gasteiger partial charge on any atom is -0.497 e. The lowest BCUT2D eigenvalue weighted by Gasteiger charge is -2.15. The van der Waals surface area contributed by atoms with E-state index in [0.717, 1.165) is 16.9 Å². The summed E-state index contributed by atoms with van der Waals surface area (Å²) < 4.78 is 5.23. The largest absolute Gasteiger partial charge is 0.497 e. The molecule has 20 heavy (non-hydrogen) atoms. The third-order valence-corrected chi connectivity index (χ3v) is 3.33. The molecule has 0 amide bonds. The van der Waals surface area contributed by atoms with E-state index in [2.05, 4.69) is 24.4 Å². The van der Waals surface area contributed by atoms with Gasteiger partial charge in [0.2, 0.25) is 0 Å². The number of ether oxygens (including phenoxy) is 1. The highest BCUT2D eigenvalue weighted by atomic mass is 16.5. The van der Waals surface area contributed by atoms with Crippen LogP contribution in [0.1, 0.15) is 29.7 Å². The predicted molar refractivity (Wildman–Crippen MR) is 79.4 cm³/mol. The van der Waals surface area contributed by atoms with E-state index in [9.17, 15) is 0 Å². The fourth-order valence-electron chi connectivity index (χ4n) is 2.08. The van der Waals surface area contributed by atoms with Gasteiger partial charge in [0.25, 0.3) is 0 Å². The third kappa shape index (κ3) is 3.37. The number of nitrogens with one attached hydrogen (secondary N) is 1. The highest BCUT2D eigenvalue weighted by molar-refractivity contribution is 5.37. The molecule has 3 nitrogen and oxygen atoms in total. The molecule has 0 aliphatic rings. The van der Waals surface area contributed by atoms with Gasteiger partial charge >= 0.3 is 0 Å². The van der Waals surface area contributed by atoms with Gasteiger partial charge in [0, 0.05) is 12.6 Å². The zero-order valence-electron chi connectivity index (χ0n) is 11.8. The van der Waals surface area contributed by atoms with Crippen LogP contribution in [-0.2, 0) is 6.54 Å². The minimum absolute atomic E-state index is 0.192. The maximum Gasteiger partial charge on any atom is 0.119 e. The van der Waals surface area contributed by atoms with Crippen molar-refractivity contribution in [2.45, 2.75) is 19.5 Å². The molecule has 0 saturated heterocycles. The van der Waals surface area contributed by atoms with Crippen LogP contribution >= 0.6 is 0 Å². The van der Waals surface area contributed by atoms with Crippen molar-refractivity contribution in [3.05, 3.63) is 65.2 Å². The summed E-state index contributed by atoms with van der Waals surface area (Å²) in [5.41, 5.74) is 2.90. The summed E-state index contributed by atoms with van der Waals surface area (Å²) in [6.07, 6.45) is 0. The molecule has 0 bridgehead atoms. The van der Waals surface area contributed by atoms with Crippen LogP contribution in [-0.4, -0.2) is 7.11 Å². The van der Waals surface area contributed by atoms with Gasteiger partial charge in [0.15, 0.2) is 0 Å². The van der Waals surface area contributed by atoms with E-state index in [0.29, 0.717) is 6.54 Å². The first-order valence-corrected chi connectivity index (χ1v) is 6.60. The maximum atomic E-state index is 9.07. The molecule has 0 aliphatic heterocycles. The SMILES string of the molecule is COc1cccc([C@@H](C)NCc2ccccc2C#N)c1. The number of hydrogen-bond acceptors (Lipinski definition) is 3. The Morgan fingerprint density at radius 3 is 2.75 bits per heavy atom. The van der Waals surface area contributed by atoms with E-state index in [1.807, 2.05) is 42.5 Å². The van der Waals surface area contributed by atoms with Crippen molar-refractivity contribution >= 4 is 0 Å². The standard InChI is InChI=1S/C17H18N2O/c1-13(14-8-5-9-17(10-14)20-2)19-12-16-7-4-3-6-15(16)11-18/h3-10,13,19H,12H2,1-2H3/t13-/m1/s1. The Morgan fingerprint density at radius 2 is 2.00 bits per heavy atom. The first-order valence-electron chi connectivity index (χ1n) is 6.60. The van der Waals surface area contributed by atoms with Crippen LogP contribution in [0.25, 0.3) is 0 Å². The molecule has 0 aliphatic carbocycles. The second-order valence-corrected chi connectivity index (χ2v) is 4.65. The van der Waals surface area contributed by atoms with Crippen LogP contribution in [0, 0.1) is 11.3 Å². The first kappa shape index (κ1) is 14.1. The highest BCUT2D eigenvalue weighted by Gasteiger charge is 2.07. The second kappa shape index (κ2) is 6.74. The lowest BCUT2D eigenvalue weighted by atomic mass is 10.1. The molecule has 0 unspecified atom stereocenters.